The number of rotatable bonds is 8. The second kappa shape index (κ2) is 13.5. The Kier molecular flexibility index (Phi) is 11.0. The highest BCUT2D eigenvalue weighted by Gasteiger charge is 2.36. The molecule has 0 bridgehead atoms. The van der Waals surface area contributed by atoms with Crippen LogP contribution in [0.3, 0.4) is 0 Å². The molecule has 0 unspecified atom stereocenters. The van der Waals surface area contributed by atoms with Gasteiger partial charge in [-0.15, -0.1) is 0 Å². The molecule has 0 radical (unpaired) electrons. The van der Waals surface area contributed by atoms with Crippen molar-refractivity contribution in [2.45, 2.75) is 83.7 Å². The van der Waals surface area contributed by atoms with Crippen molar-refractivity contribution in [2.75, 3.05) is 13.1 Å². The van der Waals surface area contributed by atoms with Crippen LogP contribution in [0.2, 0.25) is 0 Å². The molecular formula is C29H41F2N3O2. The van der Waals surface area contributed by atoms with Crippen molar-refractivity contribution in [1.82, 2.24) is 16.0 Å². The van der Waals surface area contributed by atoms with Crippen molar-refractivity contribution in [3.05, 3.63) is 70.8 Å². The van der Waals surface area contributed by atoms with Crippen LogP contribution in [0.25, 0.3) is 0 Å². The largest absolute Gasteiger partial charge is 0.356 e. The Hall–Kier alpha value is -2.80. The molecule has 0 atom stereocenters. The van der Waals surface area contributed by atoms with Gasteiger partial charge in [0.15, 0.2) is 0 Å². The van der Waals surface area contributed by atoms with Crippen LogP contribution in [-0.4, -0.2) is 31.4 Å². The Morgan fingerprint density at radius 2 is 1.69 bits per heavy atom. The molecule has 1 saturated carbocycles. The molecule has 0 saturated heterocycles. The highest BCUT2D eigenvalue weighted by molar-refractivity contribution is 5.72. The summed E-state index contributed by atoms with van der Waals surface area (Å²) in [5.41, 5.74) is 3.32. The van der Waals surface area contributed by atoms with Crippen molar-refractivity contribution in [3.63, 3.8) is 0 Å². The van der Waals surface area contributed by atoms with Crippen molar-refractivity contribution >= 4 is 12.3 Å². The average Bonchev–Trinajstić information content (AvgIpc) is 2.79. The number of hydrogen-bond donors (Lipinski definition) is 3. The molecule has 36 heavy (non-hydrogen) atoms. The molecule has 198 valence electrons. The molecule has 1 aliphatic rings. The normalized spacial score (nSPS) is 19.6. The summed E-state index contributed by atoms with van der Waals surface area (Å²) in [6.07, 6.45) is 5.64. The number of amides is 2. The third-order valence-corrected chi connectivity index (χ3v) is 6.62. The van der Waals surface area contributed by atoms with Crippen LogP contribution in [0.1, 0.15) is 76.5 Å². The van der Waals surface area contributed by atoms with E-state index in [4.69, 9.17) is 0 Å². The highest BCUT2D eigenvalue weighted by Crippen LogP contribution is 2.38. The third-order valence-electron chi connectivity index (χ3n) is 6.62. The molecule has 2 aromatic rings. The smallest absolute Gasteiger partial charge is 0.216 e. The fourth-order valence-electron chi connectivity index (χ4n) is 4.60. The second-order valence-electron chi connectivity index (χ2n) is 10.7. The molecule has 0 aromatic heterocycles. The van der Waals surface area contributed by atoms with Crippen LogP contribution in [0.4, 0.5) is 8.78 Å². The second-order valence-corrected chi connectivity index (χ2v) is 10.7. The van der Waals surface area contributed by atoms with Crippen molar-refractivity contribution < 1.29 is 18.4 Å². The van der Waals surface area contributed by atoms with Gasteiger partial charge in [0.1, 0.15) is 11.6 Å². The quantitative estimate of drug-likeness (QED) is 0.342. The van der Waals surface area contributed by atoms with E-state index < -0.39 is 11.6 Å². The predicted octanol–water partition coefficient (Wildman–Crippen LogP) is 5.26. The van der Waals surface area contributed by atoms with Crippen molar-refractivity contribution in [2.24, 2.45) is 0 Å². The van der Waals surface area contributed by atoms with E-state index in [2.05, 4.69) is 61.0 Å². The van der Waals surface area contributed by atoms with E-state index in [9.17, 15) is 18.4 Å². The Morgan fingerprint density at radius 1 is 1.06 bits per heavy atom. The fourth-order valence-corrected chi connectivity index (χ4v) is 4.60. The third kappa shape index (κ3) is 9.34. The molecule has 3 rings (SSSR count). The van der Waals surface area contributed by atoms with Crippen molar-refractivity contribution in [1.29, 1.82) is 0 Å². The van der Waals surface area contributed by atoms with E-state index in [0.717, 1.165) is 51.1 Å². The van der Waals surface area contributed by atoms with Gasteiger partial charge in [-0.25, -0.2) is 8.78 Å². The SMILES string of the molecule is CC(=O)NCCCNC1(c2cccc(C(C)(C)C)c2)CCC(NC=O)CC1.Cc1cc(F)cc(F)c1. The molecule has 1 aliphatic carbocycles. The summed E-state index contributed by atoms with van der Waals surface area (Å²) in [4.78, 5) is 21.9. The molecule has 7 heteroatoms. The molecule has 3 N–H and O–H groups in total. The van der Waals surface area contributed by atoms with E-state index in [0.29, 0.717) is 12.1 Å². The number of benzene rings is 2. The van der Waals surface area contributed by atoms with Crippen LogP contribution in [0.15, 0.2) is 42.5 Å². The minimum absolute atomic E-state index is 0.0167. The highest BCUT2D eigenvalue weighted by atomic mass is 19.1. The first-order valence-electron chi connectivity index (χ1n) is 12.7. The van der Waals surface area contributed by atoms with Gasteiger partial charge in [-0.2, -0.15) is 0 Å². The minimum atomic E-state index is -0.521. The average molecular weight is 502 g/mol. The Balaban J connectivity index is 0.000000425. The van der Waals surface area contributed by atoms with Gasteiger partial charge in [0, 0.05) is 31.1 Å². The number of carbonyl (C=O) groups is 2. The van der Waals surface area contributed by atoms with Crippen molar-refractivity contribution in [3.8, 4) is 0 Å². The Labute approximate surface area is 214 Å². The van der Waals surface area contributed by atoms with E-state index in [1.807, 2.05) is 0 Å². The topological polar surface area (TPSA) is 70.2 Å². The van der Waals surface area contributed by atoms with Gasteiger partial charge < -0.3 is 16.0 Å². The van der Waals surface area contributed by atoms with Gasteiger partial charge in [0.25, 0.3) is 0 Å². The lowest BCUT2D eigenvalue weighted by atomic mass is 9.73. The maximum Gasteiger partial charge on any atom is 0.216 e. The van der Waals surface area contributed by atoms with Crippen LogP contribution in [-0.2, 0) is 20.5 Å². The molecule has 0 spiro atoms. The lowest BCUT2D eigenvalue weighted by Gasteiger charge is -2.42. The number of carbonyl (C=O) groups excluding carboxylic acids is 2. The van der Waals surface area contributed by atoms with Gasteiger partial charge in [0.2, 0.25) is 12.3 Å². The van der Waals surface area contributed by atoms with Gasteiger partial charge in [0.05, 0.1) is 0 Å². The number of hydrogen-bond acceptors (Lipinski definition) is 3. The van der Waals surface area contributed by atoms with Gasteiger partial charge >= 0.3 is 0 Å². The summed E-state index contributed by atoms with van der Waals surface area (Å²) >= 11 is 0. The van der Waals surface area contributed by atoms with Crippen LogP contribution < -0.4 is 16.0 Å². The minimum Gasteiger partial charge on any atom is -0.356 e. The van der Waals surface area contributed by atoms with Gasteiger partial charge in [-0.1, -0.05) is 45.0 Å². The first-order chi connectivity index (χ1) is 16.9. The first-order valence-corrected chi connectivity index (χ1v) is 12.7. The van der Waals surface area contributed by atoms with Gasteiger partial charge in [-0.05, 0) is 79.8 Å². The lowest BCUT2D eigenvalue weighted by molar-refractivity contribution is -0.119. The predicted molar refractivity (Wildman–Crippen MR) is 141 cm³/mol. The lowest BCUT2D eigenvalue weighted by Crippen LogP contribution is -2.49. The molecule has 2 amide bonds. The summed E-state index contributed by atoms with van der Waals surface area (Å²) in [6, 6.07) is 12.6. The molecule has 0 heterocycles. The fraction of sp³-hybridized carbons (Fsp3) is 0.517. The zero-order valence-electron chi connectivity index (χ0n) is 22.2. The summed E-state index contributed by atoms with van der Waals surface area (Å²) in [6.45, 7) is 11.5. The summed E-state index contributed by atoms with van der Waals surface area (Å²) in [5, 5.41) is 9.60. The van der Waals surface area contributed by atoms with E-state index >= 15 is 0 Å². The molecule has 2 aromatic carbocycles. The summed E-state index contributed by atoms with van der Waals surface area (Å²) in [5.74, 6) is -1.02. The first kappa shape index (κ1) is 29.4. The van der Waals surface area contributed by atoms with Crippen LogP contribution in [0, 0.1) is 18.6 Å². The van der Waals surface area contributed by atoms with Gasteiger partial charge in [-0.3, -0.25) is 9.59 Å². The maximum atomic E-state index is 12.2. The monoisotopic (exact) mass is 501 g/mol. The number of aryl methyl sites for hydroxylation is 1. The summed E-state index contributed by atoms with van der Waals surface area (Å²) < 4.78 is 24.4. The maximum absolute atomic E-state index is 12.2. The molecule has 1 fully saturated rings. The molecule has 5 nitrogen and oxygen atoms in total. The Morgan fingerprint density at radius 3 is 2.22 bits per heavy atom. The zero-order valence-corrected chi connectivity index (χ0v) is 22.2. The standard InChI is InChI=1S/C22H35N3O2.C7H6F2/c1-17(27)23-13-6-14-25-22(11-9-20(10-12-22)24-16-26)19-8-5-7-18(15-19)21(2,3)4;1-5-2-6(8)4-7(9)3-5/h5,7-8,15-16,20,25H,6,9-14H2,1-4H3,(H,23,27)(H,24,26);2-4H,1H3. The number of halogens is 2. The molecule has 0 aliphatic heterocycles. The zero-order chi connectivity index (χ0) is 26.8. The Bertz CT molecular complexity index is 946. The van der Waals surface area contributed by atoms with E-state index in [-0.39, 0.29) is 22.9 Å². The summed E-state index contributed by atoms with van der Waals surface area (Å²) in [7, 11) is 0. The van der Waals surface area contributed by atoms with Crippen LogP contribution >= 0.6 is 0 Å². The van der Waals surface area contributed by atoms with Crippen LogP contribution in [0.5, 0.6) is 0 Å². The van der Waals surface area contributed by atoms with E-state index in [1.54, 1.807) is 13.8 Å². The van der Waals surface area contributed by atoms with E-state index in [1.165, 1.54) is 23.3 Å². The number of nitrogens with one attached hydrogen (secondary N) is 3. The molecular weight excluding hydrogens is 460 g/mol.